The number of oxazole rings is 1. The number of amides is 1. The fourth-order valence-electron chi connectivity index (χ4n) is 2.35. The molecule has 3 N–H and O–H groups in total. The van der Waals surface area contributed by atoms with Gasteiger partial charge < -0.3 is 24.9 Å². The van der Waals surface area contributed by atoms with Crippen LogP contribution in [0.1, 0.15) is 23.3 Å². The number of benzene rings is 1. The average Bonchev–Trinajstić information content (AvgIpc) is 3.08. The molecular formula is C16H21Cl2N3O4. The zero-order chi connectivity index (χ0) is 16.1. The van der Waals surface area contributed by atoms with Gasteiger partial charge in [-0.2, -0.15) is 0 Å². The van der Waals surface area contributed by atoms with Crippen molar-refractivity contribution in [3.05, 3.63) is 30.3 Å². The Morgan fingerprint density at radius 1 is 1.16 bits per heavy atom. The lowest BCUT2D eigenvalue weighted by Crippen LogP contribution is -2.25. The molecule has 0 saturated carbocycles. The third kappa shape index (κ3) is 5.01. The number of carbonyl (C=O) groups excluding carboxylic acids is 1. The van der Waals surface area contributed by atoms with Crippen LogP contribution in [0.4, 0.5) is 0 Å². The Kier molecular flexibility index (Phi) is 8.54. The van der Waals surface area contributed by atoms with Crippen molar-refractivity contribution >= 4 is 30.7 Å². The summed E-state index contributed by atoms with van der Waals surface area (Å²) in [6, 6.07) is 5.41. The Hall–Kier alpha value is -1.96. The van der Waals surface area contributed by atoms with Crippen molar-refractivity contribution in [3.63, 3.8) is 0 Å². The van der Waals surface area contributed by atoms with Crippen molar-refractivity contribution in [3.8, 4) is 22.8 Å². The second kappa shape index (κ2) is 10.1. The number of aromatic nitrogens is 1. The second-order valence-electron chi connectivity index (χ2n) is 5.14. The maximum Gasteiger partial charge on any atom is 0.273 e. The van der Waals surface area contributed by atoms with Crippen LogP contribution in [-0.4, -0.2) is 37.2 Å². The molecule has 138 valence electrons. The lowest BCUT2D eigenvalue weighted by molar-refractivity contribution is 0.0949. The van der Waals surface area contributed by atoms with E-state index < -0.39 is 0 Å². The van der Waals surface area contributed by atoms with Crippen LogP contribution < -0.4 is 20.5 Å². The molecule has 1 amide bonds. The fourth-order valence-corrected chi connectivity index (χ4v) is 2.35. The number of nitrogens with one attached hydrogen (secondary N) is 1. The van der Waals surface area contributed by atoms with E-state index in [1.54, 1.807) is 12.1 Å². The van der Waals surface area contributed by atoms with E-state index >= 15 is 0 Å². The number of fused-ring (bicyclic) bond motifs is 1. The molecule has 2 aromatic rings. The van der Waals surface area contributed by atoms with Crippen LogP contribution in [0, 0.1) is 0 Å². The quantitative estimate of drug-likeness (QED) is 0.735. The molecular weight excluding hydrogens is 369 g/mol. The summed E-state index contributed by atoms with van der Waals surface area (Å²) in [5, 5.41) is 2.82. The van der Waals surface area contributed by atoms with Gasteiger partial charge in [-0.05, 0) is 37.6 Å². The van der Waals surface area contributed by atoms with Gasteiger partial charge in [-0.25, -0.2) is 4.98 Å². The summed E-state index contributed by atoms with van der Waals surface area (Å²) in [4.78, 5) is 16.3. The van der Waals surface area contributed by atoms with Gasteiger partial charge in [-0.15, -0.1) is 24.8 Å². The highest BCUT2D eigenvalue weighted by Crippen LogP contribution is 2.35. The summed E-state index contributed by atoms with van der Waals surface area (Å²) in [6.45, 7) is 2.21. The SMILES string of the molecule is Cl.Cl.NCCCCNC(=O)c1ncoc1-c1ccc2c(c1)OCCO2. The number of halogens is 2. The number of ether oxygens (including phenoxy) is 2. The van der Waals surface area contributed by atoms with Crippen LogP contribution in [-0.2, 0) is 0 Å². The summed E-state index contributed by atoms with van der Waals surface area (Å²) in [5.74, 6) is 1.48. The molecule has 1 aromatic carbocycles. The molecule has 0 saturated heterocycles. The zero-order valence-electron chi connectivity index (χ0n) is 13.5. The van der Waals surface area contributed by atoms with E-state index in [1.807, 2.05) is 6.07 Å². The van der Waals surface area contributed by atoms with Crippen LogP contribution in [0.15, 0.2) is 29.0 Å². The minimum Gasteiger partial charge on any atom is -0.486 e. The van der Waals surface area contributed by atoms with E-state index in [-0.39, 0.29) is 36.4 Å². The van der Waals surface area contributed by atoms with Crippen molar-refractivity contribution in [1.82, 2.24) is 10.3 Å². The topological polar surface area (TPSA) is 99.6 Å². The number of unbranched alkanes of at least 4 members (excludes halogenated alkanes) is 1. The summed E-state index contributed by atoms with van der Waals surface area (Å²) in [6.07, 6.45) is 2.97. The summed E-state index contributed by atoms with van der Waals surface area (Å²) in [7, 11) is 0. The highest BCUT2D eigenvalue weighted by atomic mass is 35.5. The molecule has 7 nitrogen and oxygen atoms in total. The first kappa shape index (κ1) is 21.1. The zero-order valence-corrected chi connectivity index (χ0v) is 15.2. The van der Waals surface area contributed by atoms with Crippen molar-refractivity contribution in [1.29, 1.82) is 0 Å². The van der Waals surface area contributed by atoms with Crippen molar-refractivity contribution in [2.24, 2.45) is 5.73 Å². The standard InChI is InChI=1S/C16H19N3O4.2ClH/c17-5-1-2-6-18-16(20)14-15(23-10-19-14)11-3-4-12-13(9-11)22-8-7-21-12;;/h3-4,9-10H,1-2,5-8,17H2,(H,18,20);2*1H. The number of nitrogens with two attached hydrogens (primary N) is 1. The first-order valence-electron chi connectivity index (χ1n) is 7.61. The van der Waals surface area contributed by atoms with Gasteiger partial charge in [0, 0.05) is 12.1 Å². The molecule has 0 fully saturated rings. The van der Waals surface area contributed by atoms with Gasteiger partial charge in [0.25, 0.3) is 5.91 Å². The van der Waals surface area contributed by atoms with E-state index in [9.17, 15) is 4.79 Å². The van der Waals surface area contributed by atoms with Crippen LogP contribution in [0.5, 0.6) is 11.5 Å². The van der Waals surface area contributed by atoms with E-state index in [2.05, 4.69) is 10.3 Å². The lowest BCUT2D eigenvalue weighted by atomic mass is 10.1. The molecule has 25 heavy (non-hydrogen) atoms. The van der Waals surface area contributed by atoms with Crippen LogP contribution in [0.3, 0.4) is 0 Å². The Labute approximate surface area is 158 Å². The molecule has 1 aliphatic rings. The predicted octanol–water partition coefficient (Wildman–Crippen LogP) is 2.43. The predicted molar refractivity (Wildman–Crippen MR) is 98.0 cm³/mol. The molecule has 0 bridgehead atoms. The van der Waals surface area contributed by atoms with E-state index in [4.69, 9.17) is 19.6 Å². The number of nitrogens with zero attached hydrogens (tertiary/aromatic N) is 1. The van der Waals surface area contributed by atoms with Crippen molar-refractivity contribution < 1.29 is 18.7 Å². The third-order valence-electron chi connectivity index (χ3n) is 3.50. The van der Waals surface area contributed by atoms with Crippen molar-refractivity contribution in [2.75, 3.05) is 26.3 Å². The maximum atomic E-state index is 12.2. The lowest BCUT2D eigenvalue weighted by Gasteiger charge is -2.18. The number of hydrogen-bond donors (Lipinski definition) is 2. The molecule has 0 spiro atoms. The normalized spacial score (nSPS) is 11.9. The Morgan fingerprint density at radius 3 is 2.68 bits per heavy atom. The van der Waals surface area contributed by atoms with E-state index in [0.29, 0.717) is 43.6 Å². The van der Waals surface area contributed by atoms with E-state index in [1.165, 1.54) is 6.39 Å². The Morgan fingerprint density at radius 2 is 1.92 bits per heavy atom. The minimum atomic E-state index is -0.263. The Bertz CT molecular complexity index is 694. The first-order valence-corrected chi connectivity index (χ1v) is 7.61. The highest BCUT2D eigenvalue weighted by molar-refractivity contribution is 5.97. The molecule has 0 atom stereocenters. The maximum absolute atomic E-state index is 12.2. The third-order valence-corrected chi connectivity index (χ3v) is 3.50. The van der Waals surface area contributed by atoms with Crippen LogP contribution in [0.25, 0.3) is 11.3 Å². The molecule has 2 heterocycles. The number of rotatable bonds is 6. The van der Waals surface area contributed by atoms with Gasteiger partial charge in [-0.3, -0.25) is 4.79 Å². The number of carbonyl (C=O) groups is 1. The first-order chi connectivity index (χ1) is 11.3. The summed E-state index contributed by atoms with van der Waals surface area (Å²) in [5.41, 5.74) is 6.41. The van der Waals surface area contributed by atoms with Gasteiger partial charge in [0.2, 0.25) is 0 Å². The summed E-state index contributed by atoms with van der Waals surface area (Å²) >= 11 is 0. The molecule has 0 radical (unpaired) electrons. The van der Waals surface area contributed by atoms with Crippen LogP contribution >= 0.6 is 24.8 Å². The fraction of sp³-hybridized carbons (Fsp3) is 0.375. The van der Waals surface area contributed by atoms with E-state index in [0.717, 1.165) is 18.4 Å². The molecule has 0 unspecified atom stereocenters. The molecule has 3 rings (SSSR count). The summed E-state index contributed by atoms with van der Waals surface area (Å²) < 4.78 is 16.4. The molecule has 0 aliphatic carbocycles. The van der Waals surface area contributed by atoms with Gasteiger partial charge in [-0.1, -0.05) is 0 Å². The molecule has 9 heteroatoms. The largest absolute Gasteiger partial charge is 0.486 e. The highest BCUT2D eigenvalue weighted by Gasteiger charge is 2.20. The van der Waals surface area contributed by atoms with Crippen molar-refractivity contribution in [2.45, 2.75) is 12.8 Å². The van der Waals surface area contributed by atoms with Crippen LogP contribution in [0.2, 0.25) is 0 Å². The van der Waals surface area contributed by atoms with Gasteiger partial charge >= 0.3 is 0 Å². The number of hydrogen-bond acceptors (Lipinski definition) is 6. The monoisotopic (exact) mass is 389 g/mol. The Balaban J connectivity index is 0.00000156. The molecule has 1 aliphatic heterocycles. The molecule has 1 aromatic heterocycles. The van der Waals surface area contributed by atoms with Gasteiger partial charge in [0.1, 0.15) is 13.2 Å². The smallest absolute Gasteiger partial charge is 0.273 e. The van der Waals surface area contributed by atoms with Gasteiger partial charge in [0.05, 0.1) is 0 Å². The second-order valence-corrected chi connectivity index (χ2v) is 5.14. The van der Waals surface area contributed by atoms with Gasteiger partial charge in [0.15, 0.2) is 29.3 Å². The average molecular weight is 390 g/mol. The minimum absolute atomic E-state index is 0.